The molecule has 2 aromatic rings. The van der Waals surface area contributed by atoms with Crippen LogP contribution >= 0.6 is 0 Å². The van der Waals surface area contributed by atoms with Gasteiger partial charge in [-0.1, -0.05) is 60.7 Å². The minimum Gasteiger partial charge on any atom is -0.347 e. The Kier molecular flexibility index (Phi) is 5.96. The van der Waals surface area contributed by atoms with Crippen LogP contribution in [0.15, 0.2) is 60.7 Å². The highest BCUT2D eigenvalue weighted by molar-refractivity contribution is 5.82. The van der Waals surface area contributed by atoms with Crippen LogP contribution in [0.5, 0.6) is 0 Å². The fourth-order valence-corrected chi connectivity index (χ4v) is 3.36. The fraction of sp³-hybridized carbons (Fsp3) is 0.350. The number of nitro groups is 1. The lowest BCUT2D eigenvalue weighted by Crippen LogP contribution is -2.46. The summed E-state index contributed by atoms with van der Waals surface area (Å²) in [4.78, 5) is 25.7. The second-order valence-electron chi connectivity index (χ2n) is 6.64. The van der Waals surface area contributed by atoms with Crippen LogP contribution < -0.4 is 5.32 Å². The maximum atomic E-state index is 12.5. The van der Waals surface area contributed by atoms with E-state index in [1.54, 1.807) is 30.3 Å². The van der Waals surface area contributed by atoms with Gasteiger partial charge >= 0.3 is 6.04 Å². The van der Waals surface area contributed by atoms with Crippen LogP contribution in [0.1, 0.15) is 30.0 Å². The molecule has 3 rings (SSSR count). The summed E-state index contributed by atoms with van der Waals surface area (Å²) in [7, 11) is 0. The molecule has 0 bridgehead atoms. The summed E-state index contributed by atoms with van der Waals surface area (Å²) in [6, 6.07) is 17.4. The number of amides is 1. The number of nitrogens with one attached hydrogen (secondary N) is 1. The summed E-state index contributed by atoms with van der Waals surface area (Å²) >= 11 is 0. The summed E-state index contributed by atoms with van der Waals surface area (Å²) in [5.41, 5.74) is 1.68. The van der Waals surface area contributed by atoms with Crippen molar-refractivity contribution in [1.29, 1.82) is 0 Å². The summed E-state index contributed by atoms with van der Waals surface area (Å²) in [6.07, 6.45) is 1.61. The van der Waals surface area contributed by atoms with Crippen LogP contribution in [-0.2, 0) is 11.3 Å². The van der Waals surface area contributed by atoms with Crippen molar-refractivity contribution in [3.63, 3.8) is 0 Å². The first-order valence-electron chi connectivity index (χ1n) is 8.88. The molecule has 2 aromatic carbocycles. The van der Waals surface area contributed by atoms with Gasteiger partial charge in [0.25, 0.3) is 5.91 Å². The van der Waals surface area contributed by atoms with Gasteiger partial charge in [0.15, 0.2) is 0 Å². The van der Waals surface area contributed by atoms with Gasteiger partial charge in [-0.15, -0.1) is 0 Å². The van der Waals surface area contributed by atoms with E-state index in [1.165, 1.54) is 5.56 Å². The molecule has 1 aliphatic rings. The maximum Gasteiger partial charge on any atom is 0.314 e. The molecule has 0 aromatic heterocycles. The number of hydrogen-bond donors (Lipinski definition) is 1. The van der Waals surface area contributed by atoms with Gasteiger partial charge in [0.05, 0.1) is 0 Å². The first kappa shape index (κ1) is 18.1. The van der Waals surface area contributed by atoms with Gasteiger partial charge < -0.3 is 5.32 Å². The first-order valence-corrected chi connectivity index (χ1v) is 8.88. The summed E-state index contributed by atoms with van der Waals surface area (Å²) < 4.78 is 0. The lowest BCUT2D eigenvalue weighted by atomic mass is 10.0. The molecule has 6 nitrogen and oxygen atoms in total. The number of carbonyl (C=O) groups is 1. The van der Waals surface area contributed by atoms with Crippen LogP contribution in [0.4, 0.5) is 0 Å². The molecular weight excluding hydrogens is 330 g/mol. The Labute approximate surface area is 153 Å². The Morgan fingerprint density at radius 3 is 2.23 bits per heavy atom. The van der Waals surface area contributed by atoms with E-state index in [0.29, 0.717) is 5.56 Å². The zero-order valence-electron chi connectivity index (χ0n) is 14.6. The summed E-state index contributed by atoms with van der Waals surface area (Å²) in [5, 5.41) is 14.3. The van der Waals surface area contributed by atoms with Crippen LogP contribution in [-0.4, -0.2) is 34.9 Å². The molecular formula is C20H23N3O3. The van der Waals surface area contributed by atoms with Crippen molar-refractivity contribution in [2.24, 2.45) is 0 Å². The average Bonchev–Trinajstić information content (AvgIpc) is 2.65. The van der Waals surface area contributed by atoms with E-state index in [-0.39, 0.29) is 6.04 Å². The van der Waals surface area contributed by atoms with E-state index in [9.17, 15) is 14.9 Å². The van der Waals surface area contributed by atoms with E-state index < -0.39 is 16.9 Å². The molecule has 26 heavy (non-hydrogen) atoms. The van der Waals surface area contributed by atoms with E-state index in [0.717, 1.165) is 32.5 Å². The Morgan fingerprint density at radius 2 is 1.65 bits per heavy atom. The fourth-order valence-electron chi connectivity index (χ4n) is 3.36. The maximum absolute atomic E-state index is 12.5. The number of likely N-dealkylation sites (tertiary alicyclic amines) is 1. The van der Waals surface area contributed by atoms with Gasteiger partial charge in [-0.2, -0.15) is 0 Å². The van der Waals surface area contributed by atoms with Crippen molar-refractivity contribution in [2.45, 2.75) is 31.5 Å². The zero-order chi connectivity index (χ0) is 18.4. The highest BCUT2D eigenvalue weighted by Crippen LogP contribution is 2.19. The second kappa shape index (κ2) is 8.58. The van der Waals surface area contributed by atoms with Gasteiger partial charge in [0, 0.05) is 36.2 Å². The molecule has 1 amide bonds. The van der Waals surface area contributed by atoms with Gasteiger partial charge in [-0.3, -0.25) is 19.8 Å². The van der Waals surface area contributed by atoms with Gasteiger partial charge in [-0.25, -0.2) is 0 Å². The SMILES string of the molecule is O=C(NC1CCN(Cc2ccccc2)CC1)C(c1ccccc1)[N+](=O)[O-]. The minimum absolute atomic E-state index is 0.0133. The van der Waals surface area contributed by atoms with Crippen molar-refractivity contribution >= 4 is 5.91 Å². The average molecular weight is 353 g/mol. The molecule has 0 spiro atoms. The standard InChI is InChI=1S/C20H23N3O3/c24-20(19(23(25)26)17-9-5-2-6-10-17)21-18-11-13-22(14-12-18)15-16-7-3-1-4-8-16/h1-10,18-19H,11-15H2,(H,21,24). The topological polar surface area (TPSA) is 75.5 Å². The first-order chi connectivity index (χ1) is 12.6. The van der Waals surface area contributed by atoms with E-state index in [2.05, 4.69) is 22.3 Å². The third kappa shape index (κ3) is 4.67. The number of hydrogen-bond acceptors (Lipinski definition) is 4. The predicted molar refractivity (Wildman–Crippen MR) is 99.1 cm³/mol. The van der Waals surface area contributed by atoms with Crippen LogP contribution in [0.3, 0.4) is 0 Å². The number of nitrogens with zero attached hydrogens (tertiary/aromatic N) is 2. The molecule has 1 fully saturated rings. The van der Waals surface area contributed by atoms with Gasteiger partial charge in [-0.05, 0) is 18.4 Å². The van der Waals surface area contributed by atoms with Crippen molar-refractivity contribution in [3.05, 3.63) is 81.9 Å². The lowest BCUT2D eigenvalue weighted by molar-refractivity contribution is -0.513. The largest absolute Gasteiger partial charge is 0.347 e. The monoisotopic (exact) mass is 353 g/mol. The molecule has 0 radical (unpaired) electrons. The normalized spacial score (nSPS) is 16.8. The third-order valence-electron chi connectivity index (χ3n) is 4.76. The third-order valence-corrected chi connectivity index (χ3v) is 4.76. The molecule has 6 heteroatoms. The quantitative estimate of drug-likeness (QED) is 0.640. The van der Waals surface area contributed by atoms with Crippen LogP contribution in [0, 0.1) is 10.1 Å². The smallest absolute Gasteiger partial charge is 0.314 e. The van der Waals surface area contributed by atoms with Crippen molar-refractivity contribution in [3.8, 4) is 0 Å². The second-order valence-corrected chi connectivity index (χ2v) is 6.64. The van der Waals surface area contributed by atoms with E-state index in [1.807, 2.05) is 18.2 Å². The molecule has 1 atom stereocenters. The Bertz CT molecular complexity index is 728. The van der Waals surface area contributed by atoms with Gasteiger partial charge in [0.1, 0.15) is 0 Å². The predicted octanol–water partition coefficient (Wildman–Crippen LogP) is 2.79. The van der Waals surface area contributed by atoms with Crippen LogP contribution in [0.25, 0.3) is 0 Å². The number of rotatable bonds is 6. The number of piperidine rings is 1. The Morgan fingerprint density at radius 1 is 1.08 bits per heavy atom. The number of benzene rings is 2. The molecule has 1 heterocycles. The van der Waals surface area contributed by atoms with Crippen molar-refractivity contribution in [1.82, 2.24) is 10.2 Å². The van der Waals surface area contributed by atoms with Gasteiger partial charge in [0.2, 0.25) is 0 Å². The summed E-state index contributed by atoms with van der Waals surface area (Å²) in [5.74, 6) is -0.525. The molecule has 1 saturated heterocycles. The molecule has 1 unspecified atom stereocenters. The van der Waals surface area contributed by atoms with E-state index in [4.69, 9.17) is 0 Å². The highest BCUT2D eigenvalue weighted by atomic mass is 16.6. The van der Waals surface area contributed by atoms with E-state index >= 15 is 0 Å². The highest BCUT2D eigenvalue weighted by Gasteiger charge is 2.33. The molecule has 1 N–H and O–H groups in total. The van der Waals surface area contributed by atoms with Crippen LogP contribution in [0.2, 0.25) is 0 Å². The minimum atomic E-state index is -1.35. The molecule has 0 saturated carbocycles. The Balaban J connectivity index is 1.53. The zero-order valence-corrected chi connectivity index (χ0v) is 14.6. The molecule has 136 valence electrons. The van der Waals surface area contributed by atoms with Crippen molar-refractivity contribution in [2.75, 3.05) is 13.1 Å². The molecule has 0 aliphatic carbocycles. The lowest BCUT2D eigenvalue weighted by Gasteiger charge is -2.32. The van der Waals surface area contributed by atoms with Crippen molar-refractivity contribution < 1.29 is 9.72 Å². The Hall–Kier alpha value is -2.73. The summed E-state index contributed by atoms with van der Waals surface area (Å²) in [6.45, 7) is 2.63. The molecule has 1 aliphatic heterocycles. The number of carbonyl (C=O) groups excluding carboxylic acids is 1.